The predicted octanol–water partition coefficient (Wildman–Crippen LogP) is 2.37. The lowest BCUT2D eigenvalue weighted by atomic mass is 10.2. The van der Waals surface area contributed by atoms with Gasteiger partial charge in [-0.3, -0.25) is 0 Å². The van der Waals surface area contributed by atoms with Gasteiger partial charge in [0.25, 0.3) is 5.79 Å². The van der Waals surface area contributed by atoms with Crippen LogP contribution in [0.15, 0.2) is 34.4 Å². The number of carbonyl (C=O) groups excluding carboxylic acids is 3. The Labute approximate surface area is 140 Å². The van der Waals surface area contributed by atoms with Gasteiger partial charge in [0.05, 0.1) is 18.4 Å². The van der Waals surface area contributed by atoms with Crippen molar-refractivity contribution in [2.75, 3.05) is 12.4 Å². The quantitative estimate of drug-likeness (QED) is 0.486. The van der Waals surface area contributed by atoms with Gasteiger partial charge in [0.15, 0.2) is 5.57 Å². The number of halogens is 1. The van der Waals surface area contributed by atoms with Crippen molar-refractivity contribution in [2.24, 2.45) is 0 Å². The lowest BCUT2D eigenvalue weighted by molar-refractivity contribution is -0.222. The molecule has 122 valence electrons. The first kappa shape index (κ1) is 17.0. The van der Waals surface area contributed by atoms with E-state index in [2.05, 4.69) is 26.0 Å². The highest BCUT2D eigenvalue weighted by molar-refractivity contribution is 9.10. The monoisotopic (exact) mass is 383 g/mol. The summed E-state index contributed by atoms with van der Waals surface area (Å²) in [6, 6.07) is 4.71. The van der Waals surface area contributed by atoms with Gasteiger partial charge in [-0.1, -0.05) is 0 Å². The van der Waals surface area contributed by atoms with E-state index in [1.807, 2.05) is 0 Å². The molecule has 1 aromatic rings. The van der Waals surface area contributed by atoms with Crippen LogP contribution in [0.1, 0.15) is 24.2 Å². The lowest BCUT2D eigenvalue weighted by Crippen LogP contribution is -2.42. The number of esters is 3. The Morgan fingerprint density at radius 3 is 2.43 bits per heavy atom. The van der Waals surface area contributed by atoms with Crippen LogP contribution < -0.4 is 5.32 Å². The van der Waals surface area contributed by atoms with Gasteiger partial charge < -0.3 is 19.5 Å². The van der Waals surface area contributed by atoms with Crippen LogP contribution in [-0.4, -0.2) is 30.8 Å². The van der Waals surface area contributed by atoms with E-state index < -0.39 is 23.7 Å². The van der Waals surface area contributed by atoms with Crippen molar-refractivity contribution < 1.29 is 28.6 Å². The first-order valence-corrected chi connectivity index (χ1v) is 7.34. The summed E-state index contributed by atoms with van der Waals surface area (Å²) >= 11 is 3.30. The summed E-state index contributed by atoms with van der Waals surface area (Å²) in [5.74, 6) is -3.39. The maximum Gasteiger partial charge on any atom is 0.350 e. The van der Waals surface area contributed by atoms with Gasteiger partial charge in [0.1, 0.15) is 0 Å². The molecule has 0 spiro atoms. The second kappa shape index (κ2) is 6.41. The fourth-order valence-electron chi connectivity index (χ4n) is 1.81. The van der Waals surface area contributed by atoms with E-state index in [0.717, 1.165) is 0 Å². The highest BCUT2D eigenvalue weighted by Crippen LogP contribution is 2.26. The minimum atomic E-state index is -1.29. The third-order valence-electron chi connectivity index (χ3n) is 2.88. The smallest absolute Gasteiger partial charge is 0.350 e. The summed E-state index contributed by atoms with van der Waals surface area (Å²) in [4.78, 5) is 35.2. The van der Waals surface area contributed by atoms with E-state index in [-0.39, 0.29) is 5.57 Å². The van der Waals surface area contributed by atoms with Crippen LogP contribution in [0.2, 0.25) is 0 Å². The molecule has 0 saturated carbocycles. The number of hydrogen-bond acceptors (Lipinski definition) is 7. The maximum absolute atomic E-state index is 11.8. The summed E-state index contributed by atoms with van der Waals surface area (Å²) in [5, 5.41) is 2.77. The van der Waals surface area contributed by atoms with Gasteiger partial charge >= 0.3 is 17.9 Å². The molecule has 2 rings (SSSR count). The van der Waals surface area contributed by atoms with Crippen LogP contribution in [0.5, 0.6) is 0 Å². The number of nitrogens with one attached hydrogen (secondary N) is 1. The van der Waals surface area contributed by atoms with Crippen molar-refractivity contribution in [3.05, 3.63) is 40.0 Å². The number of methoxy groups -OCH3 is 1. The minimum Gasteiger partial charge on any atom is -0.465 e. The molecule has 1 aliphatic rings. The fourth-order valence-corrected chi connectivity index (χ4v) is 2.17. The molecule has 23 heavy (non-hydrogen) atoms. The van der Waals surface area contributed by atoms with E-state index in [0.29, 0.717) is 15.7 Å². The van der Waals surface area contributed by atoms with Crippen molar-refractivity contribution in [2.45, 2.75) is 19.6 Å². The molecule has 7 nitrogen and oxygen atoms in total. The molecule has 1 N–H and O–H groups in total. The van der Waals surface area contributed by atoms with Crippen molar-refractivity contribution in [1.82, 2.24) is 0 Å². The van der Waals surface area contributed by atoms with Gasteiger partial charge in [-0.2, -0.15) is 0 Å². The fraction of sp³-hybridized carbons (Fsp3) is 0.267. The number of anilines is 1. The highest BCUT2D eigenvalue weighted by Gasteiger charge is 2.38. The number of rotatable bonds is 3. The zero-order valence-electron chi connectivity index (χ0n) is 12.6. The van der Waals surface area contributed by atoms with Crippen molar-refractivity contribution >= 4 is 39.5 Å². The van der Waals surface area contributed by atoms with Crippen LogP contribution in [0.3, 0.4) is 0 Å². The van der Waals surface area contributed by atoms with Crippen molar-refractivity contribution in [1.29, 1.82) is 0 Å². The normalized spacial score (nSPS) is 16.3. The first-order chi connectivity index (χ1) is 10.7. The summed E-state index contributed by atoms with van der Waals surface area (Å²) in [5.41, 5.74) is 0.497. The van der Waals surface area contributed by atoms with E-state index >= 15 is 0 Å². The number of carbonyl (C=O) groups is 3. The molecule has 0 atom stereocenters. The van der Waals surface area contributed by atoms with Crippen LogP contribution in [0.25, 0.3) is 0 Å². The zero-order chi connectivity index (χ0) is 17.2. The Morgan fingerprint density at radius 1 is 1.26 bits per heavy atom. The maximum atomic E-state index is 11.8. The van der Waals surface area contributed by atoms with Gasteiger partial charge in [-0.05, 0) is 34.1 Å². The molecule has 8 heteroatoms. The van der Waals surface area contributed by atoms with Gasteiger partial charge in [-0.15, -0.1) is 0 Å². The first-order valence-electron chi connectivity index (χ1n) is 6.55. The SMILES string of the molecule is COC(=O)c1ccc(Br)c(NC=C2C(=O)OC(C)(C)OC2=O)c1. The summed E-state index contributed by atoms with van der Waals surface area (Å²) in [7, 11) is 1.27. The Kier molecular flexibility index (Phi) is 4.74. The number of cyclic esters (lactones) is 2. The molecule has 1 aromatic carbocycles. The van der Waals surface area contributed by atoms with Gasteiger partial charge in [-0.25, -0.2) is 14.4 Å². The third-order valence-corrected chi connectivity index (χ3v) is 3.57. The molecule has 1 aliphatic heterocycles. The van der Waals surface area contributed by atoms with Gasteiger partial charge in [0, 0.05) is 24.5 Å². The average Bonchev–Trinajstić information content (AvgIpc) is 2.46. The number of benzene rings is 1. The van der Waals surface area contributed by atoms with E-state index in [9.17, 15) is 14.4 Å². The summed E-state index contributed by atoms with van der Waals surface area (Å²) in [6.45, 7) is 2.92. The van der Waals surface area contributed by atoms with E-state index in [4.69, 9.17) is 9.47 Å². The van der Waals surface area contributed by atoms with Gasteiger partial charge in [0.2, 0.25) is 0 Å². The van der Waals surface area contributed by atoms with Crippen molar-refractivity contribution in [3.63, 3.8) is 0 Å². The standard InChI is InChI=1S/C15H14BrNO6/c1-15(2)22-13(19)9(14(20)23-15)7-17-11-6-8(12(18)21-3)4-5-10(11)16/h4-7,17H,1-3H3. The molecular weight excluding hydrogens is 370 g/mol. The lowest BCUT2D eigenvalue weighted by Gasteiger charge is -2.29. The molecule has 1 saturated heterocycles. The summed E-state index contributed by atoms with van der Waals surface area (Å²) in [6.07, 6.45) is 1.17. The largest absolute Gasteiger partial charge is 0.465 e. The molecule has 0 unspecified atom stereocenters. The van der Waals surface area contributed by atoms with E-state index in [1.165, 1.54) is 33.2 Å². The Bertz CT molecular complexity index is 688. The van der Waals surface area contributed by atoms with Crippen LogP contribution >= 0.6 is 15.9 Å². The number of hydrogen-bond donors (Lipinski definition) is 1. The zero-order valence-corrected chi connectivity index (χ0v) is 14.2. The Morgan fingerprint density at radius 2 is 1.87 bits per heavy atom. The predicted molar refractivity (Wildman–Crippen MR) is 83.5 cm³/mol. The topological polar surface area (TPSA) is 90.9 Å². The molecular formula is C15H14BrNO6. The molecule has 0 amide bonds. The molecule has 1 heterocycles. The molecule has 0 bridgehead atoms. The van der Waals surface area contributed by atoms with Crippen molar-refractivity contribution in [3.8, 4) is 0 Å². The average molecular weight is 384 g/mol. The second-order valence-electron chi connectivity index (χ2n) is 5.07. The molecule has 0 aliphatic carbocycles. The second-order valence-corrected chi connectivity index (χ2v) is 5.92. The van der Waals surface area contributed by atoms with Crippen LogP contribution in [0, 0.1) is 0 Å². The van der Waals surface area contributed by atoms with Crippen LogP contribution in [0.4, 0.5) is 5.69 Å². The van der Waals surface area contributed by atoms with E-state index in [1.54, 1.807) is 12.1 Å². The highest BCUT2D eigenvalue weighted by atomic mass is 79.9. The summed E-state index contributed by atoms with van der Waals surface area (Å²) < 4.78 is 15.2. The number of ether oxygens (including phenoxy) is 3. The molecule has 0 aromatic heterocycles. The Balaban J connectivity index is 2.24. The Hall–Kier alpha value is -2.35. The third kappa shape index (κ3) is 3.89. The van der Waals surface area contributed by atoms with Crippen LogP contribution in [-0.2, 0) is 23.8 Å². The molecule has 1 fully saturated rings. The molecule has 0 radical (unpaired) electrons. The minimum absolute atomic E-state index is 0.278.